The van der Waals surface area contributed by atoms with Gasteiger partial charge in [0.1, 0.15) is 11.6 Å². The predicted molar refractivity (Wildman–Crippen MR) is 109 cm³/mol. The fourth-order valence-corrected chi connectivity index (χ4v) is 4.61. The van der Waals surface area contributed by atoms with Gasteiger partial charge < -0.3 is 9.30 Å². The highest BCUT2D eigenvalue weighted by molar-refractivity contribution is 7.99. The van der Waals surface area contributed by atoms with E-state index in [1.807, 2.05) is 6.07 Å². The molecule has 0 radical (unpaired) electrons. The zero-order valence-corrected chi connectivity index (χ0v) is 17.0. The van der Waals surface area contributed by atoms with Gasteiger partial charge in [0, 0.05) is 25.0 Å². The quantitative estimate of drug-likeness (QED) is 0.393. The number of thiazole rings is 1. The van der Waals surface area contributed by atoms with E-state index in [4.69, 9.17) is 4.74 Å². The zero-order valence-electron chi connectivity index (χ0n) is 15.4. The maximum atomic E-state index is 14.3. The Morgan fingerprint density at radius 3 is 2.75 bits per heavy atom. The fourth-order valence-electron chi connectivity index (χ4n) is 2.67. The molecule has 8 heteroatoms. The molecule has 0 atom stereocenters. The third-order valence-corrected chi connectivity index (χ3v) is 6.15. The molecule has 0 unspecified atom stereocenters. The zero-order chi connectivity index (χ0) is 19.9. The summed E-state index contributed by atoms with van der Waals surface area (Å²) in [6, 6.07) is 11.1. The van der Waals surface area contributed by atoms with Crippen molar-refractivity contribution in [1.82, 2.24) is 4.57 Å². The lowest BCUT2D eigenvalue weighted by atomic mass is 10.3. The molecule has 148 valence electrons. The number of nitrogens with zero attached hydrogens (tertiary/aromatic N) is 2. The van der Waals surface area contributed by atoms with Crippen LogP contribution in [-0.4, -0.2) is 29.9 Å². The lowest BCUT2D eigenvalue weighted by Gasteiger charge is -2.05. The second kappa shape index (κ2) is 9.95. The van der Waals surface area contributed by atoms with Gasteiger partial charge >= 0.3 is 0 Å². The Morgan fingerprint density at radius 2 is 2.00 bits per heavy atom. The van der Waals surface area contributed by atoms with Crippen molar-refractivity contribution >= 4 is 39.2 Å². The first-order chi connectivity index (χ1) is 13.6. The van der Waals surface area contributed by atoms with Crippen LogP contribution >= 0.6 is 23.1 Å². The molecule has 3 aromatic rings. The maximum Gasteiger partial charge on any atom is 0.248 e. The monoisotopic (exact) mass is 422 g/mol. The number of rotatable bonds is 8. The van der Waals surface area contributed by atoms with Crippen molar-refractivity contribution in [2.45, 2.75) is 24.3 Å². The Hall–Kier alpha value is -2.03. The lowest BCUT2D eigenvalue weighted by Crippen LogP contribution is -2.19. The van der Waals surface area contributed by atoms with Gasteiger partial charge in [-0.3, -0.25) is 4.79 Å². The molecule has 0 fully saturated rings. The average molecular weight is 423 g/mol. The number of halogens is 2. The van der Waals surface area contributed by atoms with E-state index in [9.17, 15) is 13.6 Å². The molecule has 0 aliphatic carbocycles. The van der Waals surface area contributed by atoms with Gasteiger partial charge in [0.2, 0.25) is 5.91 Å². The van der Waals surface area contributed by atoms with Crippen molar-refractivity contribution in [2.24, 2.45) is 4.99 Å². The number of ether oxygens (including phenoxy) is 1. The van der Waals surface area contributed by atoms with Gasteiger partial charge in [-0.1, -0.05) is 17.4 Å². The molecule has 2 aromatic carbocycles. The Balaban J connectivity index is 1.67. The summed E-state index contributed by atoms with van der Waals surface area (Å²) in [6.45, 7) is 0.819. The summed E-state index contributed by atoms with van der Waals surface area (Å²) in [6.07, 6.45) is 0.955. The Morgan fingerprint density at radius 1 is 1.21 bits per heavy atom. The number of carbonyl (C=O) groups excluding carboxylic acids is 1. The topological polar surface area (TPSA) is 43.6 Å². The molecule has 28 heavy (non-hydrogen) atoms. The van der Waals surface area contributed by atoms with E-state index < -0.39 is 0 Å². The summed E-state index contributed by atoms with van der Waals surface area (Å²) in [7, 11) is 1.58. The Labute approximate surface area is 169 Å². The third-order valence-electron chi connectivity index (χ3n) is 4.01. The van der Waals surface area contributed by atoms with Gasteiger partial charge in [-0.25, -0.2) is 8.78 Å². The number of carbonyl (C=O) groups is 1. The minimum Gasteiger partial charge on any atom is -0.383 e. The van der Waals surface area contributed by atoms with E-state index in [-0.39, 0.29) is 17.5 Å². The van der Waals surface area contributed by atoms with Crippen LogP contribution in [0, 0.1) is 11.6 Å². The highest BCUT2D eigenvalue weighted by Gasteiger charge is 2.11. The molecular formula is C20H20F2N2O2S2. The highest BCUT2D eigenvalue weighted by atomic mass is 32.2. The fraction of sp³-hybridized carbons (Fsp3) is 0.300. The molecule has 0 N–H and O–H groups in total. The number of amides is 1. The first kappa shape index (κ1) is 20.7. The summed E-state index contributed by atoms with van der Waals surface area (Å²) >= 11 is 2.86. The number of thioether (sulfide) groups is 1. The van der Waals surface area contributed by atoms with Crippen LogP contribution in [-0.2, 0) is 16.1 Å². The number of benzene rings is 2. The van der Waals surface area contributed by atoms with Crippen LogP contribution in [0.15, 0.2) is 52.4 Å². The molecule has 0 bridgehead atoms. The molecule has 3 rings (SSSR count). The van der Waals surface area contributed by atoms with Crippen molar-refractivity contribution < 1.29 is 18.3 Å². The molecule has 4 nitrogen and oxygen atoms in total. The van der Waals surface area contributed by atoms with Crippen molar-refractivity contribution in [3.63, 3.8) is 0 Å². The second-order valence-electron chi connectivity index (χ2n) is 6.03. The van der Waals surface area contributed by atoms with Gasteiger partial charge in [-0.2, -0.15) is 4.99 Å². The molecule has 0 saturated heterocycles. The van der Waals surface area contributed by atoms with E-state index in [0.717, 1.165) is 15.3 Å². The average Bonchev–Trinajstić information content (AvgIpc) is 3.03. The second-order valence-corrected chi connectivity index (χ2v) is 8.20. The largest absolute Gasteiger partial charge is 0.383 e. The first-order valence-corrected chi connectivity index (χ1v) is 10.6. The van der Waals surface area contributed by atoms with E-state index in [1.165, 1.54) is 29.5 Å². The molecule has 1 heterocycles. The SMILES string of the molecule is COCCn1c(=NC(=O)CCCSc2ccc(F)cc2)sc2cccc(F)c21. The summed E-state index contributed by atoms with van der Waals surface area (Å²) in [5.41, 5.74) is 0.447. The minimum atomic E-state index is -0.338. The van der Waals surface area contributed by atoms with E-state index >= 15 is 0 Å². The first-order valence-electron chi connectivity index (χ1n) is 8.81. The molecular weight excluding hydrogens is 402 g/mol. The van der Waals surface area contributed by atoms with E-state index in [1.54, 1.807) is 41.6 Å². The van der Waals surface area contributed by atoms with Gasteiger partial charge in [0.25, 0.3) is 0 Å². The molecule has 0 saturated carbocycles. The van der Waals surface area contributed by atoms with E-state index in [2.05, 4.69) is 4.99 Å². The smallest absolute Gasteiger partial charge is 0.248 e. The van der Waals surface area contributed by atoms with Crippen molar-refractivity contribution in [1.29, 1.82) is 0 Å². The Kier molecular flexibility index (Phi) is 7.36. The van der Waals surface area contributed by atoms with Crippen LogP contribution in [0.2, 0.25) is 0 Å². The number of methoxy groups -OCH3 is 1. The van der Waals surface area contributed by atoms with Crippen LogP contribution < -0.4 is 4.80 Å². The summed E-state index contributed by atoms with van der Waals surface area (Å²) in [4.78, 5) is 17.9. The predicted octanol–water partition coefficient (Wildman–Crippen LogP) is 4.63. The van der Waals surface area contributed by atoms with Gasteiger partial charge in [0.05, 0.1) is 16.8 Å². The lowest BCUT2D eigenvalue weighted by molar-refractivity contribution is -0.118. The number of fused-ring (bicyclic) bond motifs is 1. The minimum absolute atomic E-state index is 0.238. The maximum absolute atomic E-state index is 14.3. The molecule has 0 spiro atoms. The van der Waals surface area contributed by atoms with Crippen molar-refractivity contribution in [3.05, 3.63) is 58.9 Å². The number of hydrogen-bond acceptors (Lipinski definition) is 4. The van der Waals surface area contributed by atoms with Crippen LogP contribution in [0.1, 0.15) is 12.8 Å². The number of hydrogen-bond donors (Lipinski definition) is 0. The van der Waals surface area contributed by atoms with Gasteiger partial charge in [-0.05, 0) is 48.6 Å². The van der Waals surface area contributed by atoms with Crippen molar-refractivity contribution in [2.75, 3.05) is 19.5 Å². The van der Waals surface area contributed by atoms with Crippen LogP contribution in [0.25, 0.3) is 10.2 Å². The summed E-state index contributed by atoms with van der Waals surface area (Å²) < 4.78 is 34.7. The van der Waals surface area contributed by atoms with Crippen LogP contribution in [0.3, 0.4) is 0 Å². The molecule has 0 aliphatic rings. The summed E-state index contributed by atoms with van der Waals surface area (Å²) in [5, 5.41) is 0. The van der Waals surface area contributed by atoms with E-state index in [0.29, 0.717) is 36.3 Å². The van der Waals surface area contributed by atoms with Crippen LogP contribution in [0.4, 0.5) is 8.78 Å². The molecule has 0 aliphatic heterocycles. The van der Waals surface area contributed by atoms with Crippen LogP contribution in [0.5, 0.6) is 0 Å². The Bertz CT molecular complexity index is 1010. The standard InChI is InChI=1S/C20H20F2N2O2S2/c1-26-12-11-24-19-16(22)4-2-5-17(19)28-20(24)23-18(25)6-3-13-27-15-9-7-14(21)8-10-15/h2,4-5,7-10H,3,6,11-13H2,1H3. The summed E-state index contributed by atoms with van der Waals surface area (Å²) in [5.74, 6) is -0.107. The highest BCUT2D eigenvalue weighted by Crippen LogP contribution is 2.21. The molecule has 1 amide bonds. The van der Waals surface area contributed by atoms with Gasteiger partial charge in [-0.15, -0.1) is 11.8 Å². The normalized spacial score (nSPS) is 12.0. The van der Waals surface area contributed by atoms with Crippen molar-refractivity contribution in [3.8, 4) is 0 Å². The van der Waals surface area contributed by atoms with Gasteiger partial charge in [0.15, 0.2) is 4.80 Å². The number of aromatic nitrogens is 1. The molecule has 1 aromatic heterocycles. The number of para-hydroxylation sites is 1. The third kappa shape index (κ3) is 5.27.